The molecule has 1 spiro atoms. The van der Waals surface area contributed by atoms with Crippen molar-refractivity contribution in [2.45, 2.75) is 24.8 Å². The standard InChI is InChI=1S/C19H18INO3/c1-24-15-6-4-12(5-7-15)16-17(20)18(23)21-10-2-3-13-11-14(22)8-9-19(13,16)21/h4-9,13H,2-3,10-11H2,1H3. The highest BCUT2D eigenvalue weighted by Crippen LogP contribution is 2.54. The van der Waals surface area contributed by atoms with Gasteiger partial charge in [0, 0.05) is 18.5 Å². The first kappa shape index (κ1) is 15.9. The number of ketones is 1. The Kier molecular flexibility index (Phi) is 3.78. The van der Waals surface area contributed by atoms with Crippen LogP contribution in [0.25, 0.3) is 5.57 Å². The lowest BCUT2D eigenvalue weighted by Gasteiger charge is -2.49. The number of carbonyl (C=O) groups is 2. The van der Waals surface area contributed by atoms with Crippen LogP contribution in [0.15, 0.2) is 40.0 Å². The monoisotopic (exact) mass is 435 g/mol. The van der Waals surface area contributed by atoms with E-state index in [1.54, 1.807) is 13.2 Å². The van der Waals surface area contributed by atoms with Gasteiger partial charge >= 0.3 is 0 Å². The molecule has 1 aliphatic carbocycles. The summed E-state index contributed by atoms with van der Waals surface area (Å²) in [4.78, 5) is 26.8. The fraction of sp³-hybridized carbons (Fsp3) is 0.368. The largest absolute Gasteiger partial charge is 0.497 e. The first-order valence-corrected chi connectivity index (χ1v) is 9.24. The van der Waals surface area contributed by atoms with Crippen LogP contribution in [0.1, 0.15) is 24.8 Å². The Labute approximate surface area is 154 Å². The van der Waals surface area contributed by atoms with Crippen molar-refractivity contribution >= 4 is 39.9 Å². The van der Waals surface area contributed by atoms with E-state index in [4.69, 9.17) is 4.74 Å². The Balaban J connectivity index is 1.91. The lowest BCUT2D eigenvalue weighted by Crippen LogP contribution is -2.56. The number of amides is 1. The molecule has 0 saturated carbocycles. The third-order valence-electron chi connectivity index (χ3n) is 5.41. The zero-order valence-electron chi connectivity index (χ0n) is 13.4. The minimum absolute atomic E-state index is 0.0881. The van der Waals surface area contributed by atoms with Gasteiger partial charge in [0.1, 0.15) is 5.75 Å². The highest BCUT2D eigenvalue weighted by Gasteiger charge is 2.56. The molecule has 1 saturated heterocycles. The van der Waals surface area contributed by atoms with Gasteiger partial charge in [0.2, 0.25) is 0 Å². The number of halogens is 1. The number of allylic oxidation sites excluding steroid dienone is 1. The van der Waals surface area contributed by atoms with Crippen molar-refractivity contribution in [2.24, 2.45) is 5.92 Å². The van der Waals surface area contributed by atoms with Gasteiger partial charge in [-0.15, -0.1) is 0 Å². The van der Waals surface area contributed by atoms with Crippen LogP contribution >= 0.6 is 22.6 Å². The number of hydrogen-bond donors (Lipinski definition) is 0. The Hall–Kier alpha value is -1.63. The summed E-state index contributed by atoms with van der Waals surface area (Å²) in [5.41, 5.74) is 1.61. The number of piperidine rings is 1. The van der Waals surface area contributed by atoms with Crippen LogP contribution in [0.2, 0.25) is 0 Å². The molecule has 0 bridgehead atoms. The molecular weight excluding hydrogens is 417 g/mol. The number of methoxy groups -OCH3 is 1. The van der Waals surface area contributed by atoms with Gasteiger partial charge in [-0.05, 0) is 65.1 Å². The minimum Gasteiger partial charge on any atom is -0.497 e. The Morgan fingerprint density at radius 1 is 1.25 bits per heavy atom. The molecule has 24 heavy (non-hydrogen) atoms. The summed E-state index contributed by atoms with van der Waals surface area (Å²) in [6.45, 7) is 0.750. The van der Waals surface area contributed by atoms with Crippen molar-refractivity contribution in [2.75, 3.05) is 13.7 Å². The van der Waals surface area contributed by atoms with Gasteiger partial charge in [-0.3, -0.25) is 9.59 Å². The topological polar surface area (TPSA) is 46.6 Å². The van der Waals surface area contributed by atoms with Gasteiger partial charge in [0.25, 0.3) is 5.91 Å². The van der Waals surface area contributed by atoms with E-state index in [2.05, 4.69) is 22.6 Å². The van der Waals surface area contributed by atoms with Crippen molar-refractivity contribution < 1.29 is 14.3 Å². The quantitative estimate of drug-likeness (QED) is 0.670. The van der Waals surface area contributed by atoms with Gasteiger partial charge < -0.3 is 9.64 Å². The third kappa shape index (κ3) is 2.10. The highest BCUT2D eigenvalue weighted by atomic mass is 127. The highest BCUT2D eigenvalue weighted by molar-refractivity contribution is 14.1. The molecule has 5 heteroatoms. The van der Waals surface area contributed by atoms with Gasteiger partial charge in [0.05, 0.1) is 16.2 Å². The molecule has 3 aliphatic rings. The van der Waals surface area contributed by atoms with Crippen LogP contribution in [0.3, 0.4) is 0 Å². The Morgan fingerprint density at radius 3 is 2.71 bits per heavy atom. The molecule has 2 atom stereocenters. The van der Waals surface area contributed by atoms with Crippen LogP contribution in [-0.4, -0.2) is 35.8 Å². The van der Waals surface area contributed by atoms with E-state index in [1.165, 1.54) is 0 Å². The summed E-state index contributed by atoms with van der Waals surface area (Å²) >= 11 is 2.17. The third-order valence-corrected chi connectivity index (χ3v) is 6.41. The Bertz CT molecular complexity index is 780. The predicted molar refractivity (Wildman–Crippen MR) is 99.9 cm³/mol. The molecule has 2 heterocycles. The van der Waals surface area contributed by atoms with E-state index >= 15 is 0 Å². The van der Waals surface area contributed by atoms with Crippen LogP contribution in [0.5, 0.6) is 5.75 Å². The van der Waals surface area contributed by atoms with E-state index in [0.29, 0.717) is 6.42 Å². The average molecular weight is 435 g/mol. The lowest BCUT2D eigenvalue weighted by molar-refractivity contribution is -0.132. The van der Waals surface area contributed by atoms with Crippen molar-refractivity contribution in [3.63, 3.8) is 0 Å². The first-order valence-electron chi connectivity index (χ1n) is 8.16. The van der Waals surface area contributed by atoms with Crippen LogP contribution < -0.4 is 4.74 Å². The molecule has 1 amide bonds. The SMILES string of the molecule is COc1ccc(C2=C(I)C(=O)N3CCCC4CC(=O)C=CC243)cc1. The molecule has 2 unspecified atom stereocenters. The molecule has 1 aromatic carbocycles. The van der Waals surface area contributed by atoms with Crippen molar-refractivity contribution in [3.05, 3.63) is 45.6 Å². The zero-order chi connectivity index (χ0) is 16.9. The van der Waals surface area contributed by atoms with Crippen LogP contribution in [-0.2, 0) is 9.59 Å². The number of carbonyl (C=O) groups excluding carboxylic acids is 2. The average Bonchev–Trinajstić information content (AvgIpc) is 2.82. The van der Waals surface area contributed by atoms with E-state index in [-0.39, 0.29) is 17.6 Å². The molecule has 4 rings (SSSR count). The summed E-state index contributed by atoms with van der Waals surface area (Å²) < 4.78 is 6.02. The number of nitrogens with zero attached hydrogens (tertiary/aromatic N) is 1. The van der Waals surface area contributed by atoms with E-state index in [1.807, 2.05) is 35.2 Å². The number of rotatable bonds is 2. The second kappa shape index (κ2) is 5.72. The number of hydrogen-bond acceptors (Lipinski definition) is 3. The van der Waals surface area contributed by atoms with E-state index < -0.39 is 5.54 Å². The predicted octanol–water partition coefficient (Wildman–Crippen LogP) is 3.36. The molecule has 0 aromatic heterocycles. The second-order valence-electron chi connectivity index (χ2n) is 6.54. The zero-order valence-corrected chi connectivity index (χ0v) is 15.6. The summed E-state index contributed by atoms with van der Waals surface area (Å²) in [5, 5.41) is 0. The summed E-state index contributed by atoms with van der Waals surface area (Å²) in [6, 6.07) is 7.86. The maximum atomic E-state index is 12.9. The molecule has 1 fully saturated rings. The fourth-order valence-corrected chi connectivity index (χ4v) is 5.38. The van der Waals surface area contributed by atoms with E-state index in [0.717, 1.165) is 39.9 Å². The van der Waals surface area contributed by atoms with Crippen LogP contribution in [0.4, 0.5) is 0 Å². The molecule has 1 aromatic rings. The molecule has 124 valence electrons. The van der Waals surface area contributed by atoms with Crippen molar-refractivity contribution in [3.8, 4) is 5.75 Å². The van der Waals surface area contributed by atoms with Gasteiger partial charge in [-0.1, -0.05) is 18.2 Å². The van der Waals surface area contributed by atoms with Crippen molar-refractivity contribution in [1.82, 2.24) is 4.90 Å². The van der Waals surface area contributed by atoms with Crippen LogP contribution in [0, 0.1) is 5.92 Å². The summed E-state index contributed by atoms with van der Waals surface area (Å²) in [7, 11) is 1.64. The molecule has 2 aliphatic heterocycles. The minimum atomic E-state index is -0.464. The lowest BCUT2D eigenvalue weighted by atomic mass is 9.67. The second-order valence-corrected chi connectivity index (χ2v) is 7.62. The number of benzene rings is 1. The van der Waals surface area contributed by atoms with E-state index in [9.17, 15) is 9.59 Å². The summed E-state index contributed by atoms with van der Waals surface area (Å²) in [6.07, 6.45) is 6.10. The first-order chi connectivity index (χ1) is 11.6. The summed E-state index contributed by atoms with van der Waals surface area (Å²) in [5.74, 6) is 1.21. The maximum absolute atomic E-state index is 12.9. The molecule has 4 nitrogen and oxygen atoms in total. The molecule has 0 N–H and O–H groups in total. The van der Waals surface area contributed by atoms with Crippen molar-refractivity contribution in [1.29, 1.82) is 0 Å². The fourth-order valence-electron chi connectivity index (χ4n) is 4.34. The Morgan fingerprint density at radius 2 is 2.00 bits per heavy atom. The van der Waals surface area contributed by atoms with Gasteiger partial charge in [-0.25, -0.2) is 0 Å². The maximum Gasteiger partial charge on any atom is 0.261 e. The van der Waals surface area contributed by atoms with Gasteiger partial charge in [0.15, 0.2) is 5.78 Å². The number of ether oxygens (including phenoxy) is 1. The normalized spacial score (nSPS) is 28.9. The smallest absolute Gasteiger partial charge is 0.261 e. The molecular formula is C19H18INO3. The molecule has 0 radical (unpaired) electrons. The van der Waals surface area contributed by atoms with Gasteiger partial charge in [-0.2, -0.15) is 0 Å².